The summed E-state index contributed by atoms with van der Waals surface area (Å²) in [6.45, 7) is 0.219. The number of benzene rings is 1. The average molecular weight is 281 g/mol. The van der Waals surface area contributed by atoms with Crippen molar-refractivity contribution >= 4 is 17.9 Å². The zero-order valence-corrected chi connectivity index (χ0v) is 11.3. The van der Waals surface area contributed by atoms with Crippen LogP contribution in [0, 0.1) is 0 Å². The van der Waals surface area contributed by atoms with Gasteiger partial charge in [-0.15, -0.1) is 0 Å². The Labute approximate surface area is 115 Å². The van der Waals surface area contributed by atoms with Crippen LogP contribution in [-0.4, -0.2) is 22.9 Å². The number of imidazole rings is 1. The van der Waals surface area contributed by atoms with Gasteiger partial charge in [-0.25, -0.2) is 4.98 Å². The fraction of sp³-hybridized carbons (Fsp3) is 0.231. The normalized spacial score (nSPS) is 10.3. The fourth-order valence-electron chi connectivity index (χ4n) is 1.56. The Morgan fingerprint density at radius 2 is 2.26 bits per heavy atom. The minimum absolute atomic E-state index is 0.219. The van der Waals surface area contributed by atoms with Crippen LogP contribution in [0.3, 0.4) is 0 Å². The molecule has 0 aliphatic heterocycles. The van der Waals surface area contributed by atoms with E-state index in [0.717, 1.165) is 6.29 Å². The number of methoxy groups -OCH3 is 1. The lowest BCUT2D eigenvalue weighted by molar-refractivity contribution is 0.111. The number of halogens is 1. The second-order valence-electron chi connectivity index (χ2n) is 3.87. The van der Waals surface area contributed by atoms with Crippen molar-refractivity contribution in [3.8, 4) is 11.5 Å². The van der Waals surface area contributed by atoms with Crippen molar-refractivity contribution in [2.24, 2.45) is 7.05 Å². The zero-order chi connectivity index (χ0) is 13.8. The first kappa shape index (κ1) is 13.4. The molecule has 100 valence electrons. The molecule has 2 rings (SSSR count). The Morgan fingerprint density at radius 1 is 1.47 bits per heavy atom. The van der Waals surface area contributed by atoms with E-state index in [1.165, 1.54) is 0 Å². The highest BCUT2D eigenvalue weighted by molar-refractivity contribution is 6.29. The lowest BCUT2D eigenvalue weighted by Gasteiger charge is -2.10. The molecule has 1 aromatic carbocycles. The highest BCUT2D eigenvalue weighted by Crippen LogP contribution is 2.24. The van der Waals surface area contributed by atoms with Gasteiger partial charge in [-0.05, 0) is 12.1 Å². The predicted molar refractivity (Wildman–Crippen MR) is 70.9 cm³/mol. The summed E-state index contributed by atoms with van der Waals surface area (Å²) in [4.78, 5) is 15.1. The number of hydrogen-bond donors (Lipinski definition) is 0. The Bertz CT molecular complexity index is 596. The quantitative estimate of drug-likeness (QED) is 0.790. The summed E-state index contributed by atoms with van der Waals surface area (Å²) in [5, 5.41) is 0.528. The molecule has 1 heterocycles. The van der Waals surface area contributed by atoms with E-state index in [1.807, 2.05) is 0 Å². The van der Waals surface area contributed by atoms with E-state index < -0.39 is 0 Å². The van der Waals surface area contributed by atoms with Crippen molar-refractivity contribution in [1.29, 1.82) is 0 Å². The predicted octanol–water partition coefficient (Wildman–Crippen LogP) is 2.47. The van der Waals surface area contributed by atoms with E-state index in [-0.39, 0.29) is 6.61 Å². The highest BCUT2D eigenvalue weighted by Gasteiger charge is 2.09. The summed E-state index contributed by atoms with van der Waals surface area (Å²) < 4.78 is 12.4. The van der Waals surface area contributed by atoms with Crippen molar-refractivity contribution in [2.75, 3.05) is 7.11 Å². The molecule has 2 aromatic rings. The molecule has 19 heavy (non-hydrogen) atoms. The largest absolute Gasteiger partial charge is 0.497 e. The molecular weight excluding hydrogens is 268 g/mol. The van der Waals surface area contributed by atoms with Gasteiger partial charge in [0.05, 0.1) is 18.9 Å². The summed E-state index contributed by atoms with van der Waals surface area (Å²) in [5.74, 6) is 1.75. The molecule has 0 amide bonds. The minimum atomic E-state index is 0.219. The van der Waals surface area contributed by atoms with Crippen LogP contribution in [0.4, 0.5) is 0 Å². The molecule has 0 atom stereocenters. The van der Waals surface area contributed by atoms with Crippen LogP contribution >= 0.6 is 11.6 Å². The molecule has 1 aromatic heterocycles. The van der Waals surface area contributed by atoms with Crippen molar-refractivity contribution in [2.45, 2.75) is 6.61 Å². The lowest BCUT2D eigenvalue weighted by Crippen LogP contribution is -2.05. The molecule has 6 heteroatoms. The van der Waals surface area contributed by atoms with Crippen LogP contribution in [0.5, 0.6) is 11.5 Å². The van der Waals surface area contributed by atoms with Gasteiger partial charge in [0.2, 0.25) is 0 Å². The maximum absolute atomic E-state index is 10.9. The summed E-state index contributed by atoms with van der Waals surface area (Å²) in [7, 11) is 3.35. The van der Waals surface area contributed by atoms with Gasteiger partial charge in [0.1, 0.15) is 29.1 Å². The van der Waals surface area contributed by atoms with Crippen LogP contribution in [0.2, 0.25) is 5.15 Å². The Balaban J connectivity index is 2.18. The third-order valence-corrected chi connectivity index (χ3v) is 3.08. The maximum atomic E-state index is 10.9. The SMILES string of the molecule is COc1ccc(C=O)c(OCc2ncc(Cl)n2C)c1. The van der Waals surface area contributed by atoms with Gasteiger partial charge in [-0.3, -0.25) is 4.79 Å². The summed E-state index contributed by atoms with van der Waals surface area (Å²) in [5.41, 5.74) is 0.459. The smallest absolute Gasteiger partial charge is 0.153 e. The minimum Gasteiger partial charge on any atom is -0.497 e. The van der Waals surface area contributed by atoms with Crippen LogP contribution in [-0.2, 0) is 13.7 Å². The third kappa shape index (κ3) is 2.88. The van der Waals surface area contributed by atoms with Gasteiger partial charge in [0.25, 0.3) is 0 Å². The lowest BCUT2D eigenvalue weighted by atomic mass is 10.2. The molecule has 0 spiro atoms. The third-order valence-electron chi connectivity index (χ3n) is 2.73. The van der Waals surface area contributed by atoms with Crippen molar-refractivity contribution in [3.63, 3.8) is 0 Å². The number of nitrogens with zero attached hydrogens (tertiary/aromatic N) is 2. The number of carbonyl (C=O) groups excluding carboxylic acids is 1. The summed E-state index contributed by atoms with van der Waals surface area (Å²) in [6.07, 6.45) is 2.28. The first-order chi connectivity index (χ1) is 9.15. The molecule has 0 fully saturated rings. The Kier molecular flexibility index (Phi) is 4.06. The zero-order valence-electron chi connectivity index (χ0n) is 10.6. The molecular formula is C13H13ClN2O3. The van der Waals surface area contributed by atoms with E-state index in [9.17, 15) is 4.79 Å². The van der Waals surface area contributed by atoms with Gasteiger partial charge in [0, 0.05) is 13.1 Å². The fourth-order valence-corrected chi connectivity index (χ4v) is 1.71. The molecule has 0 radical (unpaired) electrons. The molecule has 0 saturated heterocycles. The van der Waals surface area contributed by atoms with Crippen LogP contribution in [0.25, 0.3) is 0 Å². The van der Waals surface area contributed by atoms with Gasteiger partial charge in [-0.1, -0.05) is 11.6 Å². The van der Waals surface area contributed by atoms with E-state index in [2.05, 4.69) is 4.98 Å². The number of hydrogen-bond acceptors (Lipinski definition) is 4. The van der Waals surface area contributed by atoms with Crippen molar-refractivity contribution < 1.29 is 14.3 Å². The van der Waals surface area contributed by atoms with Gasteiger partial charge in [0.15, 0.2) is 6.29 Å². The van der Waals surface area contributed by atoms with E-state index in [1.54, 1.807) is 43.1 Å². The number of ether oxygens (including phenoxy) is 2. The first-order valence-corrected chi connectivity index (χ1v) is 5.95. The van der Waals surface area contributed by atoms with E-state index in [4.69, 9.17) is 21.1 Å². The number of aromatic nitrogens is 2. The number of aldehydes is 1. The number of carbonyl (C=O) groups is 1. The topological polar surface area (TPSA) is 53.4 Å². The van der Waals surface area contributed by atoms with Gasteiger partial charge < -0.3 is 14.0 Å². The second kappa shape index (κ2) is 5.75. The van der Waals surface area contributed by atoms with Crippen LogP contribution in [0.1, 0.15) is 16.2 Å². The average Bonchev–Trinajstić information content (AvgIpc) is 2.76. The Morgan fingerprint density at radius 3 is 2.84 bits per heavy atom. The van der Waals surface area contributed by atoms with E-state index in [0.29, 0.717) is 28.0 Å². The van der Waals surface area contributed by atoms with Crippen LogP contribution in [0.15, 0.2) is 24.4 Å². The van der Waals surface area contributed by atoms with Gasteiger partial charge >= 0.3 is 0 Å². The first-order valence-electron chi connectivity index (χ1n) is 5.58. The molecule has 0 aliphatic rings. The number of rotatable bonds is 5. The van der Waals surface area contributed by atoms with Crippen molar-refractivity contribution in [3.05, 3.63) is 40.9 Å². The monoisotopic (exact) mass is 280 g/mol. The summed E-state index contributed by atoms with van der Waals surface area (Å²) in [6, 6.07) is 5.01. The van der Waals surface area contributed by atoms with Crippen molar-refractivity contribution in [1.82, 2.24) is 9.55 Å². The van der Waals surface area contributed by atoms with Gasteiger partial charge in [-0.2, -0.15) is 0 Å². The molecule has 0 saturated carbocycles. The molecule has 0 bridgehead atoms. The van der Waals surface area contributed by atoms with Crippen LogP contribution < -0.4 is 9.47 Å². The maximum Gasteiger partial charge on any atom is 0.153 e. The molecule has 0 aliphatic carbocycles. The standard InChI is InChI=1S/C13H13ClN2O3/c1-16-12(14)6-15-13(16)8-19-11-5-10(18-2)4-3-9(11)7-17/h3-7H,8H2,1-2H3. The summed E-state index contributed by atoms with van der Waals surface area (Å²) >= 11 is 5.89. The van der Waals surface area contributed by atoms with E-state index >= 15 is 0 Å². The highest BCUT2D eigenvalue weighted by atomic mass is 35.5. The molecule has 0 N–H and O–H groups in total. The second-order valence-corrected chi connectivity index (χ2v) is 4.25. The molecule has 0 unspecified atom stereocenters. The molecule has 5 nitrogen and oxygen atoms in total. The Hall–Kier alpha value is -2.01.